The minimum atomic E-state index is -0.0477. The van der Waals surface area contributed by atoms with E-state index in [1.54, 1.807) is 7.11 Å². The number of carbonyl (C=O) groups is 1. The second-order valence-electron chi connectivity index (χ2n) is 4.65. The van der Waals surface area contributed by atoms with Crippen molar-refractivity contribution in [1.82, 2.24) is 10.6 Å². The Balaban J connectivity index is 0.00000289. The van der Waals surface area contributed by atoms with Crippen molar-refractivity contribution in [2.75, 3.05) is 33.5 Å². The van der Waals surface area contributed by atoms with Crippen LogP contribution in [-0.4, -0.2) is 51.5 Å². The third-order valence-corrected chi connectivity index (χ3v) is 3.21. The summed E-state index contributed by atoms with van der Waals surface area (Å²) < 4.78 is 10.0. The van der Waals surface area contributed by atoms with Gasteiger partial charge in [0.2, 0.25) is 5.91 Å². The van der Waals surface area contributed by atoms with E-state index in [1.165, 1.54) is 0 Å². The van der Waals surface area contributed by atoms with E-state index >= 15 is 0 Å². The van der Waals surface area contributed by atoms with E-state index in [2.05, 4.69) is 24.5 Å². The third-order valence-electron chi connectivity index (χ3n) is 3.21. The summed E-state index contributed by atoms with van der Waals surface area (Å²) in [7, 11) is 1.61. The highest BCUT2D eigenvalue weighted by Crippen LogP contribution is 2.15. The number of methoxy groups -OCH3 is 1. The monoisotopic (exact) mass is 280 g/mol. The average molecular weight is 281 g/mol. The Morgan fingerprint density at radius 2 is 2.11 bits per heavy atom. The topological polar surface area (TPSA) is 59.6 Å². The van der Waals surface area contributed by atoms with Gasteiger partial charge in [0.05, 0.1) is 13.2 Å². The summed E-state index contributed by atoms with van der Waals surface area (Å²) in [5.74, 6) is 0.461. The van der Waals surface area contributed by atoms with E-state index in [0.29, 0.717) is 25.2 Å². The van der Waals surface area contributed by atoms with Crippen LogP contribution in [0.1, 0.15) is 20.3 Å². The Morgan fingerprint density at radius 1 is 1.39 bits per heavy atom. The van der Waals surface area contributed by atoms with Gasteiger partial charge >= 0.3 is 0 Å². The lowest BCUT2D eigenvalue weighted by molar-refractivity contribution is -0.127. The standard InChI is InChI=1S/C12H24N2O3.ClH/c1-9-4-5-13-10(2)12(9)14-11(15)8-17-7-6-16-3;/h9-10,12-13H,4-8H2,1-3H3,(H,14,15);1H. The molecule has 0 spiro atoms. The van der Waals surface area contributed by atoms with E-state index in [9.17, 15) is 4.79 Å². The largest absolute Gasteiger partial charge is 0.382 e. The van der Waals surface area contributed by atoms with Crippen molar-refractivity contribution in [2.24, 2.45) is 5.92 Å². The van der Waals surface area contributed by atoms with Crippen molar-refractivity contribution in [3.05, 3.63) is 0 Å². The smallest absolute Gasteiger partial charge is 0.246 e. The van der Waals surface area contributed by atoms with Crippen LogP contribution >= 0.6 is 12.4 Å². The quantitative estimate of drug-likeness (QED) is 0.699. The molecule has 0 radical (unpaired) electrons. The van der Waals surface area contributed by atoms with Crippen LogP contribution in [0.4, 0.5) is 0 Å². The van der Waals surface area contributed by atoms with Crippen LogP contribution in [0.2, 0.25) is 0 Å². The highest BCUT2D eigenvalue weighted by Gasteiger charge is 2.28. The SMILES string of the molecule is COCCOCC(=O)NC1C(C)CCNC1C.Cl. The van der Waals surface area contributed by atoms with E-state index in [4.69, 9.17) is 9.47 Å². The molecule has 1 rings (SSSR count). The van der Waals surface area contributed by atoms with Crippen molar-refractivity contribution < 1.29 is 14.3 Å². The van der Waals surface area contributed by atoms with Gasteiger partial charge in [-0.1, -0.05) is 6.92 Å². The van der Waals surface area contributed by atoms with Crippen molar-refractivity contribution in [2.45, 2.75) is 32.4 Å². The van der Waals surface area contributed by atoms with Crippen LogP contribution in [0.5, 0.6) is 0 Å². The molecule has 1 fully saturated rings. The van der Waals surface area contributed by atoms with Crippen LogP contribution in [0.3, 0.4) is 0 Å². The van der Waals surface area contributed by atoms with E-state index in [1.807, 2.05) is 0 Å². The van der Waals surface area contributed by atoms with Gasteiger partial charge in [-0.25, -0.2) is 0 Å². The minimum absolute atomic E-state index is 0. The number of nitrogens with one attached hydrogen (secondary N) is 2. The summed E-state index contributed by atoms with van der Waals surface area (Å²) in [5, 5.41) is 6.40. The highest BCUT2D eigenvalue weighted by molar-refractivity contribution is 5.85. The van der Waals surface area contributed by atoms with Crippen LogP contribution in [-0.2, 0) is 14.3 Å². The summed E-state index contributed by atoms with van der Waals surface area (Å²) in [6.07, 6.45) is 1.10. The summed E-state index contributed by atoms with van der Waals surface area (Å²) >= 11 is 0. The zero-order chi connectivity index (χ0) is 12.7. The molecule has 1 amide bonds. The fourth-order valence-corrected chi connectivity index (χ4v) is 2.14. The Kier molecular flexibility index (Phi) is 9.36. The number of amides is 1. The first-order valence-corrected chi connectivity index (χ1v) is 6.24. The molecule has 0 aromatic rings. The minimum Gasteiger partial charge on any atom is -0.382 e. The molecule has 5 nitrogen and oxygen atoms in total. The lowest BCUT2D eigenvalue weighted by Crippen LogP contribution is -2.56. The molecule has 1 heterocycles. The Morgan fingerprint density at radius 3 is 2.72 bits per heavy atom. The van der Waals surface area contributed by atoms with Gasteiger partial charge in [0.15, 0.2) is 0 Å². The number of hydrogen-bond acceptors (Lipinski definition) is 4. The van der Waals surface area contributed by atoms with Crippen molar-refractivity contribution in [3.63, 3.8) is 0 Å². The van der Waals surface area contributed by atoms with Gasteiger partial charge in [-0.3, -0.25) is 4.79 Å². The lowest BCUT2D eigenvalue weighted by Gasteiger charge is -2.35. The van der Waals surface area contributed by atoms with Crippen LogP contribution in [0.15, 0.2) is 0 Å². The summed E-state index contributed by atoms with van der Waals surface area (Å²) in [6, 6.07) is 0.518. The molecule has 0 aromatic heterocycles. The maximum Gasteiger partial charge on any atom is 0.246 e. The summed E-state index contributed by atoms with van der Waals surface area (Å²) in [4.78, 5) is 11.7. The number of rotatable bonds is 6. The molecule has 1 aliphatic heterocycles. The first-order valence-electron chi connectivity index (χ1n) is 6.24. The molecule has 0 aromatic carbocycles. The van der Waals surface area contributed by atoms with E-state index < -0.39 is 0 Å². The molecule has 2 N–H and O–H groups in total. The maximum absolute atomic E-state index is 11.7. The van der Waals surface area contributed by atoms with Gasteiger partial charge < -0.3 is 20.1 Å². The van der Waals surface area contributed by atoms with Gasteiger partial charge in [-0.15, -0.1) is 12.4 Å². The van der Waals surface area contributed by atoms with E-state index in [-0.39, 0.29) is 31.0 Å². The second-order valence-corrected chi connectivity index (χ2v) is 4.65. The number of carbonyl (C=O) groups excluding carboxylic acids is 1. The Labute approximate surface area is 115 Å². The Bertz CT molecular complexity index is 231. The molecule has 1 aliphatic rings. The molecular weight excluding hydrogens is 256 g/mol. The third kappa shape index (κ3) is 6.00. The number of ether oxygens (including phenoxy) is 2. The normalized spacial score (nSPS) is 27.4. The van der Waals surface area contributed by atoms with Crippen molar-refractivity contribution >= 4 is 18.3 Å². The van der Waals surface area contributed by atoms with Gasteiger partial charge in [-0.05, 0) is 25.8 Å². The molecule has 3 atom stereocenters. The van der Waals surface area contributed by atoms with Crippen molar-refractivity contribution in [1.29, 1.82) is 0 Å². The van der Waals surface area contributed by atoms with Gasteiger partial charge in [0.25, 0.3) is 0 Å². The van der Waals surface area contributed by atoms with Crippen molar-refractivity contribution in [3.8, 4) is 0 Å². The molecule has 3 unspecified atom stereocenters. The molecule has 18 heavy (non-hydrogen) atoms. The molecule has 1 saturated heterocycles. The van der Waals surface area contributed by atoms with Crippen LogP contribution < -0.4 is 10.6 Å². The number of piperidine rings is 1. The van der Waals surface area contributed by atoms with Gasteiger partial charge in [-0.2, -0.15) is 0 Å². The predicted molar refractivity (Wildman–Crippen MR) is 73.1 cm³/mol. The zero-order valence-electron chi connectivity index (χ0n) is 11.4. The molecule has 0 aliphatic carbocycles. The fourth-order valence-electron chi connectivity index (χ4n) is 2.14. The molecule has 0 bridgehead atoms. The molecule has 6 heteroatoms. The Hall–Kier alpha value is -0.360. The van der Waals surface area contributed by atoms with E-state index in [0.717, 1.165) is 13.0 Å². The maximum atomic E-state index is 11.7. The van der Waals surface area contributed by atoms with Gasteiger partial charge in [0, 0.05) is 19.2 Å². The van der Waals surface area contributed by atoms with Crippen LogP contribution in [0, 0.1) is 5.92 Å². The predicted octanol–water partition coefficient (Wildman–Crippen LogP) is 0.574. The summed E-state index contributed by atoms with van der Waals surface area (Å²) in [6.45, 7) is 6.39. The van der Waals surface area contributed by atoms with Gasteiger partial charge in [0.1, 0.15) is 6.61 Å². The molecular formula is C12H25ClN2O3. The first kappa shape index (κ1) is 17.6. The lowest BCUT2D eigenvalue weighted by atomic mass is 9.89. The fraction of sp³-hybridized carbons (Fsp3) is 0.917. The first-order chi connectivity index (χ1) is 8.15. The second kappa shape index (κ2) is 9.55. The average Bonchev–Trinajstić information content (AvgIpc) is 2.30. The number of halogens is 1. The highest BCUT2D eigenvalue weighted by atomic mass is 35.5. The summed E-state index contributed by atoms with van der Waals surface area (Å²) in [5.41, 5.74) is 0. The number of hydrogen-bond donors (Lipinski definition) is 2. The van der Waals surface area contributed by atoms with Crippen LogP contribution in [0.25, 0.3) is 0 Å². The molecule has 0 saturated carbocycles. The zero-order valence-corrected chi connectivity index (χ0v) is 12.2. The molecule has 108 valence electrons.